The van der Waals surface area contributed by atoms with Gasteiger partial charge in [-0.05, 0) is 48.5 Å². The van der Waals surface area contributed by atoms with Crippen molar-refractivity contribution in [1.82, 2.24) is 9.97 Å². The third-order valence-corrected chi connectivity index (χ3v) is 4.30. The number of aromatic nitrogens is 2. The van der Waals surface area contributed by atoms with E-state index in [-0.39, 0.29) is 0 Å². The van der Waals surface area contributed by atoms with Gasteiger partial charge in [-0.1, -0.05) is 6.07 Å². The average molecular weight is 402 g/mol. The van der Waals surface area contributed by atoms with Crippen LogP contribution in [0.25, 0.3) is 28.8 Å². The number of carbonyl (C=O) groups excluding carboxylic acids is 1. The van der Waals surface area contributed by atoms with Gasteiger partial charge in [0.25, 0.3) is 0 Å². The molecule has 0 unspecified atom stereocenters. The smallest absolute Gasteiger partial charge is 0.336 e. The molecule has 0 radical (unpaired) electrons. The molecule has 2 heterocycles. The minimum Gasteiger partial charge on any atom is -0.497 e. The van der Waals surface area contributed by atoms with E-state index in [1.54, 1.807) is 62.9 Å². The Morgan fingerprint density at radius 2 is 1.87 bits per heavy atom. The van der Waals surface area contributed by atoms with Gasteiger partial charge >= 0.3 is 5.97 Å². The molecule has 4 aromatic rings. The standard InChI is InChI=1S/C23H18N2O5/c1-27-16-8-10-20(28-2)15(13-16)6-11-22(26)29-17-7-9-18-21(14-17)30-23(25-18)19-5-3-4-12-24-19/h3-14H,1-2H3/b11-6+. The number of ether oxygens (including phenoxy) is 3. The Labute approximate surface area is 172 Å². The Morgan fingerprint density at radius 1 is 1.00 bits per heavy atom. The highest BCUT2D eigenvalue weighted by Gasteiger charge is 2.11. The quantitative estimate of drug-likeness (QED) is 0.266. The third-order valence-electron chi connectivity index (χ3n) is 4.30. The molecule has 0 spiro atoms. The Hall–Kier alpha value is -4.13. The Bertz CT molecular complexity index is 1210. The summed E-state index contributed by atoms with van der Waals surface area (Å²) >= 11 is 0. The zero-order chi connectivity index (χ0) is 20.9. The van der Waals surface area contributed by atoms with Gasteiger partial charge in [0.15, 0.2) is 5.58 Å². The summed E-state index contributed by atoms with van der Waals surface area (Å²) in [5, 5.41) is 0. The van der Waals surface area contributed by atoms with Gasteiger partial charge in [0.2, 0.25) is 5.89 Å². The first-order valence-corrected chi connectivity index (χ1v) is 9.10. The fourth-order valence-corrected chi connectivity index (χ4v) is 2.84. The van der Waals surface area contributed by atoms with E-state index < -0.39 is 5.97 Å². The summed E-state index contributed by atoms with van der Waals surface area (Å²) in [5.74, 6) is 1.48. The molecule has 0 aliphatic heterocycles. The van der Waals surface area contributed by atoms with Crippen molar-refractivity contribution in [3.8, 4) is 28.8 Å². The van der Waals surface area contributed by atoms with Crippen molar-refractivity contribution in [2.75, 3.05) is 14.2 Å². The van der Waals surface area contributed by atoms with Gasteiger partial charge in [-0.25, -0.2) is 9.78 Å². The molecule has 2 aromatic carbocycles. The van der Waals surface area contributed by atoms with Crippen molar-refractivity contribution in [2.45, 2.75) is 0 Å². The van der Waals surface area contributed by atoms with Crippen LogP contribution < -0.4 is 14.2 Å². The molecule has 0 aliphatic rings. The normalized spacial score (nSPS) is 11.0. The maximum absolute atomic E-state index is 12.3. The maximum Gasteiger partial charge on any atom is 0.336 e. The van der Waals surface area contributed by atoms with E-state index in [0.29, 0.717) is 45.5 Å². The lowest BCUT2D eigenvalue weighted by Gasteiger charge is -2.07. The highest BCUT2D eigenvalue weighted by Crippen LogP contribution is 2.27. The van der Waals surface area contributed by atoms with Crippen LogP contribution in [-0.4, -0.2) is 30.2 Å². The molecule has 0 aliphatic carbocycles. The molecule has 0 fully saturated rings. The first kappa shape index (κ1) is 19.2. The van der Waals surface area contributed by atoms with Gasteiger partial charge in [0.1, 0.15) is 28.5 Å². The number of methoxy groups -OCH3 is 2. The third kappa shape index (κ3) is 4.15. The Kier molecular flexibility index (Phi) is 5.43. The minimum atomic E-state index is -0.538. The SMILES string of the molecule is COc1ccc(OC)c(/C=C/C(=O)Oc2ccc3nc(-c4ccccn4)oc3c2)c1. The fraction of sp³-hybridized carbons (Fsp3) is 0.0870. The maximum atomic E-state index is 12.3. The van der Waals surface area contributed by atoms with Crippen LogP contribution in [0.2, 0.25) is 0 Å². The lowest BCUT2D eigenvalue weighted by Crippen LogP contribution is -2.03. The molecule has 0 bridgehead atoms. The molecule has 7 nitrogen and oxygen atoms in total. The second-order valence-corrected chi connectivity index (χ2v) is 6.23. The van der Waals surface area contributed by atoms with E-state index in [1.165, 1.54) is 6.08 Å². The second-order valence-electron chi connectivity index (χ2n) is 6.23. The summed E-state index contributed by atoms with van der Waals surface area (Å²) in [5.41, 5.74) is 2.47. The van der Waals surface area contributed by atoms with E-state index in [2.05, 4.69) is 9.97 Å². The molecular formula is C23H18N2O5. The van der Waals surface area contributed by atoms with Crippen LogP contribution in [0.3, 0.4) is 0 Å². The van der Waals surface area contributed by atoms with Crippen molar-refractivity contribution >= 4 is 23.1 Å². The molecule has 2 aromatic heterocycles. The number of benzene rings is 2. The minimum absolute atomic E-state index is 0.346. The number of nitrogens with zero attached hydrogens (tertiary/aromatic N) is 2. The first-order chi connectivity index (χ1) is 14.7. The molecule has 0 saturated heterocycles. The highest BCUT2D eigenvalue weighted by atomic mass is 16.5. The van der Waals surface area contributed by atoms with E-state index in [0.717, 1.165) is 0 Å². The number of oxazole rings is 1. The number of pyridine rings is 1. The molecule has 7 heteroatoms. The summed E-state index contributed by atoms with van der Waals surface area (Å²) in [6.07, 6.45) is 4.60. The summed E-state index contributed by atoms with van der Waals surface area (Å²) in [6.45, 7) is 0. The zero-order valence-electron chi connectivity index (χ0n) is 16.4. The Balaban J connectivity index is 1.51. The number of esters is 1. The molecule has 0 atom stereocenters. The van der Waals surface area contributed by atoms with Crippen LogP contribution in [0.15, 0.2) is 71.3 Å². The van der Waals surface area contributed by atoms with Gasteiger partial charge in [-0.2, -0.15) is 0 Å². The van der Waals surface area contributed by atoms with Gasteiger partial charge in [-0.15, -0.1) is 0 Å². The Morgan fingerprint density at radius 3 is 2.63 bits per heavy atom. The number of hydrogen-bond donors (Lipinski definition) is 0. The largest absolute Gasteiger partial charge is 0.497 e. The van der Waals surface area contributed by atoms with Gasteiger partial charge < -0.3 is 18.6 Å². The summed E-state index contributed by atoms with van der Waals surface area (Å²) < 4.78 is 21.6. The van der Waals surface area contributed by atoms with Crippen molar-refractivity contribution < 1.29 is 23.4 Å². The zero-order valence-corrected chi connectivity index (χ0v) is 16.4. The van der Waals surface area contributed by atoms with Crippen molar-refractivity contribution in [1.29, 1.82) is 0 Å². The van der Waals surface area contributed by atoms with Crippen LogP contribution in [0.1, 0.15) is 5.56 Å². The van der Waals surface area contributed by atoms with Crippen LogP contribution in [0.5, 0.6) is 17.2 Å². The van der Waals surface area contributed by atoms with Crippen LogP contribution >= 0.6 is 0 Å². The second kappa shape index (κ2) is 8.48. The predicted octanol–water partition coefficient (Wildman–Crippen LogP) is 4.53. The lowest BCUT2D eigenvalue weighted by molar-refractivity contribution is -0.128. The van der Waals surface area contributed by atoms with Gasteiger partial charge in [0.05, 0.1) is 14.2 Å². The number of fused-ring (bicyclic) bond motifs is 1. The molecule has 4 rings (SSSR count). The monoisotopic (exact) mass is 402 g/mol. The summed E-state index contributed by atoms with van der Waals surface area (Å²) in [4.78, 5) is 20.9. The van der Waals surface area contributed by atoms with Crippen molar-refractivity contribution in [3.63, 3.8) is 0 Å². The molecule has 0 N–H and O–H groups in total. The van der Waals surface area contributed by atoms with E-state index >= 15 is 0 Å². The number of hydrogen-bond acceptors (Lipinski definition) is 7. The van der Waals surface area contributed by atoms with Gasteiger partial charge in [0, 0.05) is 23.9 Å². The molecule has 150 valence electrons. The molecule has 0 amide bonds. The predicted molar refractivity (Wildman–Crippen MR) is 111 cm³/mol. The lowest BCUT2D eigenvalue weighted by atomic mass is 10.1. The van der Waals surface area contributed by atoms with Crippen molar-refractivity contribution in [3.05, 3.63) is 72.4 Å². The summed E-state index contributed by atoms with van der Waals surface area (Å²) in [6, 6.07) is 15.8. The topological polar surface area (TPSA) is 83.7 Å². The molecule has 0 saturated carbocycles. The average Bonchev–Trinajstić information content (AvgIpc) is 3.21. The van der Waals surface area contributed by atoms with Crippen molar-refractivity contribution in [2.24, 2.45) is 0 Å². The summed E-state index contributed by atoms with van der Waals surface area (Å²) in [7, 11) is 3.13. The molecular weight excluding hydrogens is 384 g/mol. The van der Waals surface area contributed by atoms with E-state index in [1.807, 2.05) is 18.2 Å². The molecule has 30 heavy (non-hydrogen) atoms. The van der Waals surface area contributed by atoms with Crippen LogP contribution in [-0.2, 0) is 4.79 Å². The van der Waals surface area contributed by atoms with Gasteiger partial charge in [-0.3, -0.25) is 4.98 Å². The fourth-order valence-electron chi connectivity index (χ4n) is 2.84. The highest BCUT2D eigenvalue weighted by molar-refractivity contribution is 5.90. The first-order valence-electron chi connectivity index (χ1n) is 9.10. The van der Waals surface area contributed by atoms with Crippen LogP contribution in [0.4, 0.5) is 0 Å². The number of rotatable bonds is 6. The van der Waals surface area contributed by atoms with E-state index in [4.69, 9.17) is 18.6 Å². The van der Waals surface area contributed by atoms with E-state index in [9.17, 15) is 4.79 Å². The van der Waals surface area contributed by atoms with Crippen LogP contribution in [0, 0.1) is 0 Å². The number of carbonyl (C=O) groups is 1.